The fourth-order valence-corrected chi connectivity index (χ4v) is 2.42. The lowest BCUT2D eigenvalue weighted by Crippen LogP contribution is -2.06. The van der Waals surface area contributed by atoms with E-state index in [-0.39, 0.29) is 10.6 Å². The monoisotopic (exact) mass is 313 g/mol. The Hall–Kier alpha value is -1.13. The van der Waals surface area contributed by atoms with Crippen LogP contribution >= 0.6 is 27.5 Å². The number of hydrogen-bond donors (Lipinski definition) is 1. The summed E-state index contributed by atoms with van der Waals surface area (Å²) in [7, 11) is 0. The predicted octanol–water partition coefficient (Wildman–Crippen LogP) is 3.91. The fourth-order valence-electron chi connectivity index (χ4n) is 1.72. The summed E-state index contributed by atoms with van der Waals surface area (Å²) in [6.45, 7) is 1.86. The van der Waals surface area contributed by atoms with E-state index < -0.39 is 5.97 Å². The number of aromatic carboxylic acids is 1. The Morgan fingerprint density at radius 3 is 2.82 bits per heavy atom. The zero-order valence-corrected chi connectivity index (χ0v) is 11.3. The van der Waals surface area contributed by atoms with Crippen LogP contribution in [0.25, 0.3) is 10.9 Å². The average molecular weight is 315 g/mol. The molecule has 0 radical (unpaired) electrons. The first kappa shape index (κ1) is 12.3. The second kappa shape index (κ2) is 4.63. The summed E-state index contributed by atoms with van der Waals surface area (Å²) in [6, 6.07) is 5.44. The van der Waals surface area contributed by atoms with Gasteiger partial charge in [-0.1, -0.05) is 34.5 Å². The van der Waals surface area contributed by atoms with Gasteiger partial charge in [0.1, 0.15) is 5.56 Å². The Morgan fingerprint density at radius 2 is 2.24 bits per heavy atom. The molecule has 0 saturated heterocycles. The Bertz CT molecular complexity index is 613. The van der Waals surface area contributed by atoms with Crippen LogP contribution in [-0.2, 0) is 6.42 Å². The maximum absolute atomic E-state index is 11.2. The van der Waals surface area contributed by atoms with Gasteiger partial charge in [-0.25, -0.2) is 4.79 Å². The van der Waals surface area contributed by atoms with E-state index in [0.29, 0.717) is 23.0 Å². The number of benzene rings is 1. The van der Waals surface area contributed by atoms with E-state index >= 15 is 0 Å². The standard InChI is InChI=1S/C12H9BrClNO2/c1-2-8-10(12(16)17)11(14)7-5-6(13)3-4-9(7)15-8/h3-5H,2H2,1H3,(H,16,17). The molecule has 1 aromatic heterocycles. The van der Waals surface area contributed by atoms with E-state index in [1.165, 1.54) is 0 Å². The molecule has 0 fully saturated rings. The van der Waals surface area contributed by atoms with Crippen LogP contribution in [0.2, 0.25) is 5.02 Å². The summed E-state index contributed by atoms with van der Waals surface area (Å²) in [6.07, 6.45) is 0.535. The molecule has 1 heterocycles. The molecule has 0 unspecified atom stereocenters. The second-order valence-corrected chi connectivity index (χ2v) is 4.86. The molecule has 5 heteroatoms. The van der Waals surface area contributed by atoms with Crippen LogP contribution in [0, 0.1) is 0 Å². The topological polar surface area (TPSA) is 50.2 Å². The molecule has 0 aliphatic heterocycles. The summed E-state index contributed by atoms with van der Waals surface area (Å²) in [5.41, 5.74) is 1.32. The minimum Gasteiger partial charge on any atom is -0.478 e. The van der Waals surface area contributed by atoms with Crippen LogP contribution in [0.1, 0.15) is 23.0 Å². The van der Waals surface area contributed by atoms with Crippen molar-refractivity contribution in [3.05, 3.63) is 39.0 Å². The third kappa shape index (κ3) is 2.15. The molecular weight excluding hydrogens is 305 g/mol. The summed E-state index contributed by atoms with van der Waals surface area (Å²) >= 11 is 9.48. The molecule has 3 nitrogen and oxygen atoms in total. The summed E-state index contributed by atoms with van der Waals surface area (Å²) in [5, 5.41) is 10.1. The maximum Gasteiger partial charge on any atom is 0.339 e. The quantitative estimate of drug-likeness (QED) is 0.914. The van der Waals surface area contributed by atoms with Crippen molar-refractivity contribution in [1.82, 2.24) is 4.98 Å². The second-order valence-electron chi connectivity index (χ2n) is 3.57. The van der Waals surface area contributed by atoms with Crippen molar-refractivity contribution in [3.63, 3.8) is 0 Å². The molecule has 88 valence electrons. The Labute approximate surface area is 112 Å². The van der Waals surface area contributed by atoms with E-state index in [9.17, 15) is 9.90 Å². The smallest absolute Gasteiger partial charge is 0.339 e. The zero-order valence-electron chi connectivity index (χ0n) is 9.00. The summed E-state index contributed by atoms with van der Waals surface area (Å²) < 4.78 is 0.842. The molecular formula is C12H9BrClNO2. The van der Waals surface area contributed by atoms with E-state index in [1.54, 1.807) is 6.07 Å². The molecule has 0 aliphatic rings. The Morgan fingerprint density at radius 1 is 1.53 bits per heavy atom. The van der Waals surface area contributed by atoms with Crippen molar-refractivity contribution < 1.29 is 9.90 Å². The van der Waals surface area contributed by atoms with Crippen LogP contribution in [0.5, 0.6) is 0 Å². The normalized spacial score (nSPS) is 10.8. The third-order valence-electron chi connectivity index (χ3n) is 2.51. The van der Waals surface area contributed by atoms with Gasteiger partial charge in [0.05, 0.1) is 16.2 Å². The van der Waals surface area contributed by atoms with Gasteiger partial charge in [-0.3, -0.25) is 4.98 Å². The highest BCUT2D eigenvalue weighted by Gasteiger charge is 2.18. The number of carbonyl (C=O) groups is 1. The van der Waals surface area contributed by atoms with Gasteiger partial charge in [0.15, 0.2) is 0 Å². The molecule has 17 heavy (non-hydrogen) atoms. The SMILES string of the molecule is CCc1nc2ccc(Br)cc2c(Cl)c1C(=O)O. The number of nitrogens with zero attached hydrogens (tertiary/aromatic N) is 1. The molecule has 0 bridgehead atoms. The highest BCUT2D eigenvalue weighted by atomic mass is 79.9. The molecule has 2 rings (SSSR count). The van der Waals surface area contributed by atoms with E-state index in [2.05, 4.69) is 20.9 Å². The van der Waals surface area contributed by atoms with Gasteiger partial charge in [-0.2, -0.15) is 0 Å². The number of aromatic nitrogens is 1. The largest absolute Gasteiger partial charge is 0.478 e. The molecule has 2 aromatic rings. The van der Waals surface area contributed by atoms with Gasteiger partial charge in [-0.05, 0) is 24.6 Å². The maximum atomic E-state index is 11.2. The minimum atomic E-state index is -1.04. The van der Waals surface area contributed by atoms with Gasteiger partial charge in [0.2, 0.25) is 0 Å². The van der Waals surface area contributed by atoms with E-state index in [1.807, 2.05) is 19.1 Å². The van der Waals surface area contributed by atoms with Gasteiger partial charge < -0.3 is 5.11 Å². The Kier molecular flexibility index (Phi) is 3.35. The number of fused-ring (bicyclic) bond motifs is 1. The van der Waals surface area contributed by atoms with Crippen molar-refractivity contribution in [1.29, 1.82) is 0 Å². The fraction of sp³-hybridized carbons (Fsp3) is 0.167. The van der Waals surface area contributed by atoms with Crippen LogP contribution in [0.4, 0.5) is 0 Å². The average Bonchev–Trinajstić information content (AvgIpc) is 2.29. The van der Waals surface area contributed by atoms with Crippen LogP contribution in [0.3, 0.4) is 0 Å². The Balaban J connectivity index is 2.88. The number of halogens is 2. The number of carboxylic acid groups (broad SMARTS) is 1. The first-order chi connectivity index (χ1) is 8.04. The van der Waals surface area contributed by atoms with Crippen molar-refractivity contribution in [2.24, 2.45) is 0 Å². The van der Waals surface area contributed by atoms with Gasteiger partial charge in [-0.15, -0.1) is 0 Å². The van der Waals surface area contributed by atoms with Crippen LogP contribution in [0.15, 0.2) is 22.7 Å². The van der Waals surface area contributed by atoms with Gasteiger partial charge in [0, 0.05) is 9.86 Å². The molecule has 0 saturated carbocycles. The molecule has 0 atom stereocenters. The third-order valence-corrected chi connectivity index (χ3v) is 3.39. The molecule has 0 amide bonds. The predicted molar refractivity (Wildman–Crippen MR) is 70.8 cm³/mol. The molecule has 0 aliphatic carbocycles. The number of carboxylic acids is 1. The number of hydrogen-bond acceptors (Lipinski definition) is 2. The van der Waals surface area contributed by atoms with E-state index in [0.717, 1.165) is 4.47 Å². The lowest BCUT2D eigenvalue weighted by Gasteiger charge is -2.09. The first-order valence-electron chi connectivity index (χ1n) is 5.05. The van der Waals surface area contributed by atoms with E-state index in [4.69, 9.17) is 11.6 Å². The molecule has 1 N–H and O–H groups in total. The highest BCUT2D eigenvalue weighted by Crippen LogP contribution is 2.30. The lowest BCUT2D eigenvalue weighted by atomic mass is 10.1. The van der Waals surface area contributed by atoms with Gasteiger partial charge >= 0.3 is 5.97 Å². The van der Waals surface area contributed by atoms with Crippen molar-refractivity contribution >= 4 is 44.4 Å². The van der Waals surface area contributed by atoms with Crippen LogP contribution < -0.4 is 0 Å². The van der Waals surface area contributed by atoms with Crippen LogP contribution in [-0.4, -0.2) is 16.1 Å². The van der Waals surface area contributed by atoms with Crippen molar-refractivity contribution in [2.45, 2.75) is 13.3 Å². The summed E-state index contributed by atoms with van der Waals surface area (Å²) in [4.78, 5) is 15.5. The minimum absolute atomic E-state index is 0.0970. The zero-order chi connectivity index (χ0) is 12.6. The molecule has 0 spiro atoms. The number of aryl methyl sites for hydroxylation is 1. The lowest BCUT2D eigenvalue weighted by molar-refractivity contribution is 0.0695. The number of rotatable bonds is 2. The van der Waals surface area contributed by atoms with Crippen molar-refractivity contribution in [2.75, 3.05) is 0 Å². The summed E-state index contributed by atoms with van der Waals surface area (Å²) in [5.74, 6) is -1.04. The number of pyridine rings is 1. The van der Waals surface area contributed by atoms with Gasteiger partial charge in [0.25, 0.3) is 0 Å². The first-order valence-corrected chi connectivity index (χ1v) is 6.22. The highest BCUT2D eigenvalue weighted by molar-refractivity contribution is 9.10. The van der Waals surface area contributed by atoms with Crippen molar-refractivity contribution in [3.8, 4) is 0 Å². The molecule has 1 aromatic carbocycles.